The zero-order valence-electron chi connectivity index (χ0n) is 40.7. The van der Waals surface area contributed by atoms with Crippen LogP contribution in [0.5, 0.6) is 5.88 Å². The van der Waals surface area contributed by atoms with Crippen molar-refractivity contribution >= 4 is 46.6 Å². The summed E-state index contributed by atoms with van der Waals surface area (Å²) in [5, 5.41) is 16.9. The normalized spacial score (nSPS) is 14.4. The van der Waals surface area contributed by atoms with Crippen molar-refractivity contribution in [3.05, 3.63) is 226 Å². The fraction of sp³-hybridized carbons (Fsp3) is 0.148. The number of epoxide rings is 1. The van der Waals surface area contributed by atoms with Crippen molar-refractivity contribution in [3.63, 3.8) is 0 Å². The van der Waals surface area contributed by atoms with Crippen molar-refractivity contribution in [1.82, 2.24) is 34.3 Å². The van der Waals surface area contributed by atoms with Crippen LogP contribution in [-0.2, 0) is 40.1 Å². The quantitative estimate of drug-likeness (QED) is 0.0481. The number of amides is 2. The molecule has 3 aromatic heterocycles. The summed E-state index contributed by atoms with van der Waals surface area (Å²) in [5.41, 5.74) is 2.57. The third kappa shape index (κ3) is 13.0. The number of hydrogen-bond donors (Lipinski definition) is 1. The second-order valence-electron chi connectivity index (χ2n) is 16.6. The summed E-state index contributed by atoms with van der Waals surface area (Å²) in [7, 11) is 4.07. The van der Waals surface area contributed by atoms with Crippen molar-refractivity contribution in [3.8, 4) is 22.7 Å². The van der Waals surface area contributed by atoms with Crippen LogP contribution in [-0.4, -0.2) is 60.5 Å². The number of rotatable bonds is 14. The summed E-state index contributed by atoms with van der Waals surface area (Å²) >= 11 is 12.2. The first-order valence-corrected chi connectivity index (χ1v) is 23.7. The number of hydroxylamine groups is 1. The van der Waals surface area contributed by atoms with Crippen LogP contribution in [0.1, 0.15) is 45.3 Å². The number of carbonyl (C=O) groups excluding carboxylic acids is 2. The number of nitrogens with zero attached hydrogens (tertiary/aromatic N) is 8. The van der Waals surface area contributed by atoms with Gasteiger partial charge in [0, 0.05) is 57.9 Å². The molecular weight excluding hydrogens is 1060 g/mol. The Bertz CT molecular complexity index is 3460. The number of carbonyl (C=O) groups is 2. The van der Waals surface area contributed by atoms with Crippen molar-refractivity contribution in [2.24, 2.45) is 7.05 Å². The highest BCUT2D eigenvalue weighted by Crippen LogP contribution is 2.59. The van der Waals surface area contributed by atoms with E-state index in [1.165, 1.54) is 57.9 Å². The van der Waals surface area contributed by atoms with Gasteiger partial charge in [0.15, 0.2) is 17.5 Å². The molecule has 0 bridgehead atoms. The number of nitrogens with one attached hydrogen (secondary N) is 1. The van der Waals surface area contributed by atoms with Crippen LogP contribution in [0, 0.1) is 23.3 Å². The van der Waals surface area contributed by atoms with Crippen LogP contribution >= 0.6 is 23.2 Å². The molecule has 1 fully saturated rings. The van der Waals surface area contributed by atoms with Crippen LogP contribution in [0.4, 0.5) is 42.5 Å². The number of aromatic nitrogens is 7. The molecule has 10 rings (SSSR count). The maximum Gasteiger partial charge on any atom is 0.438 e. The van der Waals surface area contributed by atoms with Gasteiger partial charge in [-0.15, -0.1) is 5.10 Å². The van der Waals surface area contributed by atoms with Gasteiger partial charge in [-0.2, -0.15) is 15.3 Å². The number of ether oxygens (including phenoxy) is 3. The highest BCUT2D eigenvalue weighted by Gasteiger charge is 2.59. The van der Waals surface area contributed by atoms with Crippen LogP contribution in [0.25, 0.3) is 16.8 Å². The topological polar surface area (TPSA) is 156 Å². The Morgan fingerprint density at radius 2 is 1.53 bits per heavy atom. The molecule has 2 atom stereocenters. The molecule has 1 N–H and O–H groups in total. The SMILES string of the molecule is COC(=O)N(OC)c1ccccc1COc1ccn(-c2ccc(Cl)cc2)n1.Cn1cc(C(=O)Nc2ccccc2-c2cc(F)c(F)c(F)c2)c(C(F)F)n1.Fc1ccc(C2(Cn3cncn3)OC2c2ccccc2Cl)cc1. The summed E-state index contributed by atoms with van der Waals surface area (Å²) in [6.07, 6.45) is 2.25. The fourth-order valence-corrected chi connectivity index (χ4v) is 8.30. The number of para-hydroxylation sites is 2. The van der Waals surface area contributed by atoms with Gasteiger partial charge in [0.2, 0.25) is 5.88 Å². The molecule has 23 heteroatoms. The van der Waals surface area contributed by atoms with Crippen molar-refractivity contribution in [2.75, 3.05) is 24.6 Å². The fourth-order valence-electron chi connectivity index (χ4n) is 7.94. The van der Waals surface area contributed by atoms with E-state index in [9.17, 15) is 35.9 Å². The van der Waals surface area contributed by atoms with E-state index in [-0.39, 0.29) is 40.9 Å². The maximum absolute atomic E-state index is 13.5. The standard InChI is InChI=1S/C19H18ClN3O4.C18H12F5N3O.C17H13ClFN3O/c1-25-19(24)23(26-2)17-6-4-3-5-14(17)13-27-18-11-12-22(21-18)16-9-7-15(20)8-10-16;1-26-8-11(16(25-26)17(22)23)18(27)24-14-5-3-2-4-10(14)9-6-12(19)15(21)13(20)7-9;18-15-4-2-1-3-14(15)16-17(23-16,9-22-11-20-10-21-22)12-5-7-13(19)8-6-12/h3-12H,13H2,1-2H3;2-8,17H,1H3,(H,24,27);1-8,10-11,16H,9H2. The largest absolute Gasteiger partial charge is 0.472 e. The molecular formula is C54H43Cl2F6N9O6. The molecule has 15 nitrogen and oxygen atoms in total. The first kappa shape index (κ1) is 54.8. The van der Waals surface area contributed by atoms with Gasteiger partial charge in [-0.05, 0) is 77.9 Å². The number of methoxy groups -OCH3 is 1. The number of alkyl halides is 2. The van der Waals surface area contributed by atoms with E-state index in [1.54, 1.807) is 70.4 Å². The molecule has 2 amide bonds. The molecule has 2 unspecified atom stereocenters. The Morgan fingerprint density at radius 1 is 0.844 bits per heavy atom. The number of anilines is 2. The molecule has 0 aliphatic carbocycles. The lowest BCUT2D eigenvalue weighted by atomic mass is 9.91. The summed E-state index contributed by atoms with van der Waals surface area (Å²) in [4.78, 5) is 33.4. The van der Waals surface area contributed by atoms with Gasteiger partial charge in [0.05, 0.1) is 37.7 Å². The summed E-state index contributed by atoms with van der Waals surface area (Å²) < 4.78 is 101. The van der Waals surface area contributed by atoms with Gasteiger partial charge in [-0.1, -0.05) is 89.9 Å². The van der Waals surface area contributed by atoms with E-state index >= 15 is 0 Å². The van der Waals surface area contributed by atoms with Gasteiger partial charge < -0.3 is 19.5 Å². The molecule has 4 heterocycles. The average molecular weight is 1100 g/mol. The van der Waals surface area contributed by atoms with Crippen LogP contribution < -0.4 is 15.1 Å². The van der Waals surface area contributed by atoms with Gasteiger partial charge in [-0.25, -0.2) is 45.5 Å². The van der Waals surface area contributed by atoms with E-state index < -0.39 is 47.2 Å². The van der Waals surface area contributed by atoms with E-state index in [4.69, 9.17) is 42.3 Å². The second kappa shape index (κ2) is 24.4. The first-order chi connectivity index (χ1) is 37.1. The van der Waals surface area contributed by atoms with Crippen LogP contribution in [0.3, 0.4) is 0 Å². The Balaban J connectivity index is 0.000000153. The highest BCUT2D eigenvalue weighted by molar-refractivity contribution is 6.31. The second-order valence-corrected chi connectivity index (χ2v) is 17.4. The van der Waals surface area contributed by atoms with Crippen molar-refractivity contribution in [2.45, 2.75) is 31.3 Å². The molecule has 1 aliphatic rings. The third-order valence-electron chi connectivity index (χ3n) is 11.6. The van der Waals surface area contributed by atoms with Gasteiger partial charge >= 0.3 is 6.09 Å². The zero-order chi connectivity index (χ0) is 54.8. The Morgan fingerprint density at radius 3 is 2.21 bits per heavy atom. The van der Waals surface area contributed by atoms with Crippen molar-refractivity contribution in [1.29, 1.82) is 0 Å². The third-order valence-corrected chi connectivity index (χ3v) is 12.2. The smallest absolute Gasteiger partial charge is 0.438 e. The van der Waals surface area contributed by atoms with E-state index in [0.717, 1.165) is 50.5 Å². The number of aryl methyl sites for hydroxylation is 1. The minimum Gasteiger partial charge on any atom is -0.472 e. The predicted octanol–water partition coefficient (Wildman–Crippen LogP) is 12.7. The molecule has 0 radical (unpaired) electrons. The lowest BCUT2D eigenvalue weighted by Crippen LogP contribution is -2.30. The molecule has 1 saturated heterocycles. The molecule has 396 valence electrons. The number of benzene rings is 6. The molecule has 77 heavy (non-hydrogen) atoms. The maximum atomic E-state index is 13.5. The summed E-state index contributed by atoms with van der Waals surface area (Å²) in [6, 6.07) is 37.7. The Labute approximate surface area is 445 Å². The Kier molecular flexibility index (Phi) is 17.4. The molecule has 0 saturated carbocycles. The molecule has 1 aliphatic heterocycles. The molecule has 0 spiro atoms. The summed E-state index contributed by atoms with van der Waals surface area (Å²) in [6.45, 7) is 0.680. The zero-order valence-corrected chi connectivity index (χ0v) is 42.2. The predicted molar refractivity (Wildman–Crippen MR) is 272 cm³/mol. The summed E-state index contributed by atoms with van der Waals surface area (Å²) in [5.74, 6) is -5.09. The average Bonchev–Trinajstić information content (AvgIpc) is 3.93. The molecule has 9 aromatic rings. The lowest BCUT2D eigenvalue weighted by Gasteiger charge is -2.20. The minimum atomic E-state index is -2.96. The van der Waals surface area contributed by atoms with E-state index in [1.807, 2.05) is 48.5 Å². The van der Waals surface area contributed by atoms with Crippen LogP contribution in [0.15, 0.2) is 165 Å². The molecule has 6 aromatic carbocycles. The Hall–Kier alpha value is -8.50. The van der Waals surface area contributed by atoms with Gasteiger partial charge in [-0.3, -0.25) is 14.3 Å². The van der Waals surface area contributed by atoms with E-state index in [0.29, 0.717) is 28.2 Å². The number of halogens is 8. The first-order valence-electron chi connectivity index (χ1n) is 22.9. The monoisotopic (exact) mass is 1100 g/mol. The van der Waals surface area contributed by atoms with Crippen molar-refractivity contribution < 1.29 is 55.0 Å². The highest BCUT2D eigenvalue weighted by atomic mass is 35.5. The lowest BCUT2D eigenvalue weighted by molar-refractivity contribution is 0.101. The number of hydrogen-bond acceptors (Lipinski definition) is 10. The van der Waals surface area contributed by atoms with Gasteiger partial charge in [0.1, 0.15) is 42.5 Å². The van der Waals surface area contributed by atoms with E-state index in [2.05, 4.69) is 25.6 Å². The minimum absolute atomic E-state index is 0.0254. The van der Waals surface area contributed by atoms with Crippen LogP contribution in [0.2, 0.25) is 10.0 Å². The van der Waals surface area contributed by atoms with Gasteiger partial charge in [0.25, 0.3) is 12.3 Å².